The molecule has 23 heteroatoms. The lowest BCUT2D eigenvalue weighted by atomic mass is 10.1. The third-order valence-corrected chi connectivity index (χ3v) is 13.7. The topological polar surface area (TPSA) is 226 Å². The molecule has 0 saturated heterocycles. The number of methoxy groups -OCH3 is 2. The van der Waals surface area contributed by atoms with Crippen LogP contribution in [0, 0.1) is 11.6 Å². The molecule has 0 saturated carbocycles. The molecule has 2 amide bonds. The number of carbonyl (C=O) groups excluding carboxylic acids is 4. The van der Waals surface area contributed by atoms with Crippen LogP contribution in [0.15, 0.2) is 73.3 Å². The van der Waals surface area contributed by atoms with Gasteiger partial charge in [0.05, 0.1) is 67.1 Å². The van der Waals surface area contributed by atoms with Gasteiger partial charge in [-0.25, -0.2) is 27.7 Å². The van der Waals surface area contributed by atoms with E-state index in [1.807, 2.05) is 0 Å². The Morgan fingerprint density at radius 1 is 0.609 bits per heavy atom. The molecule has 19 nitrogen and oxygen atoms in total. The number of aromatic nitrogens is 8. The summed E-state index contributed by atoms with van der Waals surface area (Å²) in [4.78, 5) is 52.1. The molecule has 4 aromatic heterocycles. The third kappa shape index (κ3) is 14.5. The average molecular weight is 985 g/mol. The van der Waals surface area contributed by atoms with Crippen LogP contribution in [0.1, 0.15) is 47.3 Å². The number of anilines is 2. The molecule has 0 aliphatic rings. The van der Waals surface area contributed by atoms with Gasteiger partial charge in [0, 0.05) is 65.4 Å². The van der Waals surface area contributed by atoms with Crippen LogP contribution in [0.3, 0.4) is 0 Å². The van der Waals surface area contributed by atoms with Gasteiger partial charge in [-0.05, 0) is 60.1 Å². The highest BCUT2D eigenvalue weighted by Crippen LogP contribution is 2.29. The zero-order valence-electron chi connectivity index (χ0n) is 39.6. The number of hydrogen-bond donors (Lipinski definition) is 2. The number of nitrogens with zero attached hydrogens (tertiary/aromatic N) is 8. The van der Waals surface area contributed by atoms with Crippen molar-refractivity contribution in [1.29, 1.82) is 0 Å². The second-order valence-corrected chi connectivity index (χ2v) is 29.4. The maximum atomic E-state index is 15.5. The predicted octanol–water partition coefficient (Wildman–Crippen LogP) is 7.60. The molecule has 69 heavy (non-hydrogen) atoms. The standard InChI is InChI=1S/C46H54F2N10O9Si2/c1-63-45(61)32-20-34(47)29(19-40(32)51-43(59)38-11-9-36(53-55-38)30-23-49-57(25-30)27-65-15-17-68(3,4)5)13-14-67-42-22-41(33(21-35(42)48)46(62)64-2)52-44(60)39-12-10-37(54-56-39)31-24-50-58(26-31)28-66-16-18-69(6,7)8/h9-12,19-26H,13-18,27-28H2,1-8H3,(H,51,59)(H,52,60). The highest BCUT2D eigenvalue weighted by Gasteiger charge is 2.23. The van der Waals surface area contributed by atoms with Crippen molar-refractivity contribution in [3.8, 4) is 28.3 Å². The molecule has 0 atom stereocenters. The molecule has 0 radical (unpaired) electrons. The van der Waals surface area contributed by atoms with Gasteiger partial charge in [0.15, 0.2) is 23.0 Å². The van der Waals surface area contributed by atoms with Gasteiger partial charge in [0.2, 0.25) is 0 Å². The zero-order chi connectivity index (χ0) is 49.9. The first-order valence-electron chi connectivity index (χ1n) is 21.8. The van der Waals surface area contributed by atoms with Crippen LogP contribution in [0.2, 0.25) is 51.4 Å². The molecule has 0 aliphatic heterocycles. The van der Waals surface area contributed by atoms with Gasteiger partial charge in [0.1, 0.15) is 19.3 Å². The maximum absolute atomic E-state index is 15.5. The molecule has 0 unspecified atom stereocenters. The first-order chi connectivity index (χ1) is 32.8. The fraction of sp³-hybridized carbons (Fsp3) is 0.348. The molecular weight excluding hydrogens is 931 g/mol. The Bertz CT molecular complexity index is 2590. The third-order valence-electron chi connectivity index (χ3n) is 10.3. The van der Waals surface area contributed by atoms with Crippen molar-refractivity contribution in [3.05, 3.63) is 113 Å². The van der Waals surface area contributed by atoms with Crippen molar-refractivity contribution in [2.24, 2.45) is 0 Å². The summed E-state index contributed by atoms with van der Waals surface area (Å²) in [7, 11) is -0.280. The number of rotatable bonds is 22. The number of amides is 2. The number of nitrogens with one attached hydrogen (secondary N) is 2. The Kier molecular flexibility index (Phi) is 17.0. The average Bonchev–Trinajstić information content (AvgIpc) is 4.00. The van der Waals surface area contributed by atoms with Crippen LogP contribution in [0.25, 0.3) is 22.5 Å². The number of halogens is 2. The highest BCUT2D eigenvalue weighted by molar-refractivity contribution is 6.76. The van der Waals surface area contributed by atoms with E-state index in [1.54, 1.807) is 46.3 Å². The maximum Gasteiger partial charge on any atom is 0.340 e. The van der Waals surface area contributed by atoms with E-state index < -0.39 is 57.3 Å². The van der Waals surface area contributed by atoms with Crippen LogP contribution in [-0.4, -0.2) is 114 Å². The number of carbonyl (C=O) groups is 4. The first kappa shape index (κ1) is 51.3. The molecule has 2 N–H and O–H groups in total. The van der Waals surface area contributed by atoms with E-state index in [0.717, 1.165) is 44.5 Å². The fourth-order valence-corrected chi connectivity index (χ4v) is 7.82. The van der Waals surface area contributed by atoms with Gasteiger partial charge in [0.25, 0.3) is 11.8 Å². The molecule has 6 rings (SSSR count). The number of hydrogen-bond acceptors (Lipinski definition) is 15. The highest BCUT2D eigenvalue weighted by atomic mass is 28.3. The van der Waals surface area contributed by atoms with Crippen LogP contribution < -0.4 is 15.4 Å². The largest absolute Gasteiger partial charge is 0.490 e. The van der Waals surface area contributed by atoms with Crippen molar-refractivity contribution in [1.82, 2.24) is 40.0 Å². The minimum Gasteiger partial charge on any atom is -0.490 e. The van der Waals surface area contributed by atoms with E-state index in [-0.39, 0.29) is 65.9 Å². The zero-order valence-corrected chi connectivity index (χ0v) is 41.6. The molecule has 364 valence electrons. The van der Waals surface area contributed by atoms with Gasteiger partial charge < -0.3 is 34.3 Å². The summed E-state index contributed by atoms with van der Waals surface area (Å²) in [6.07, 6.45) is 6.48. The van der Waals surface area contributed by atoms with E-state index in [4.69, 9.17) is 23.7 Å². The lowest BCUT2D eigenvalue weighted by Crippen LogP contribution is -2.22. The van der Waals surface area contributed by atoms with E-state index in [2.05, 4.69) is 80.5 Å². The fourth-order valence-electron chi connectivity index (χ4n) is 6.30. The summed E-state index contributed by atoms with van der Waals surface area (Å²) in [5.41, 5.74) is 1.02. The van der Waals surface area contributed by atoms with E-state index in [0.29, 0.717) is 35.7 Å². The summed E-state index contributed by atoms with van der Waals surface area (Å²) in [6, 6.07) is 12.1. The first-order valence-corrected chi connectivity index (χ1v) is 29.2. The monoisotopic (exact) mass is 984 g/mol. The summed E-state index contributed by atoms with van der Waals surface area (Å²) in [6.45, 7) is 15.1. The van der Waals surface area contributed by atoms with Crippen LogP contribution in [0.5, 0.6) is 5.75 Å². The molecular formula is C46H54F2N10O9Si2. The molecule has 4 heterocycles. The molecule has 2 aromatic carbocycles. The second kappa shape index (κ2) is 22.8. The molecule has 0 spiro atoms. The van der Waals surface area contributed by atoms with Crippen LogP contribution in [0.4, 0.5) is 20.2 Å². The lowest BCUT2D eigenvalue weighted by Gasteiger charge is -2.15. The molecule has 0 bridgehead atoms. The van der Waals surface area contributed by atoms with Crippen LogP contribution >= 0.6 is 0 Å². The minimum atomic E-state index is -1.24. The Hall–Kier alpha value is -7.09. The van der Waals surface area contributed by atoms with Crippen LogP contribution in [-0.2, 0) is 38.8 Å². The number of esters is 2. The van der Waals surface area contributed by atoms with E-state index in [1.165, 1.54) is 18.2 Å². The van der Waals surface area contributed by atoms with Crippen molar-refractivity contribution in [2.75, 3.05) is 44.7 Å². The van der Waals surface area contributed by atoms with Gasteiger partial charge in [-0.3, -0.25) is 9.59 Å². The Balaban J connectivity index is 1.10. The van der Waals surface area contributed by atoms with Gasteiger partial charge in [-0.2, -0.15) is 10.2 Å². The minimum absolute atomic E-state index is 0.0267. The van der Waals surface area contributed by atoms with Gasteiger partial charge in [-0.15, -0.1) is 20.4 Å². The molecule has 6 aromatic rings. The summed E-state index contributed by atoms with van der Waals surface area (Å²) in [5, 5.41) is 30.1. The SMILES string of the molecule is COC(=O)c1cc(F)c(CCOc2cc(NC(=O)c3ccc(-c4cnn(COCC[Si](C)(C)C)c4)nn3)c(C(=O)OC)cc2F)cc1NC(=O)c1ccc(-c2cnn(COCC[Si](C)(C)C)c2)nn1. The van der Waals surface area contributed by atoms with Gasteiger partial charge >= 0.3 is 11.9 Å². The quantitative estimate of drug-likeness (QED) is 0.0379. The summed E-state index contributed by atoms with van der Waals surface area (Å²) >= 11 is 0. The van der Waals surface area contributed by atoms with Crippen molar-refractivity contribution < 1.29 is 51.6 Å². The lowest BCUT2D eigenvalue weighted by molar-refractivity contribution is 0.0592. The van der Waals surface area contributed by atoms with Crippen molar-refractivity contribution in [3.63, 3.8) is 0 Å². The molecule has 0 aliphatic carbocycles. The Morgan fingerprint density at radius 2 is 1.07 bits per heavy atom. The Morgan fingerprint density at radius 3 is 1.51 bits per heavy atom. The van der Waals surface area contributed by atoms with Crippen molar-refractivity contribution >= 4 is 51.3 Å². The number of ether oxygens (including phenoxy) is 5. The smallest absolute Gasteiger partial charge is 0.340 e. The van der Waals surface area contributed by atoms with E-state index >= 15 is 8.78 Å². The second-order valence-electron chi connectivity index (χ2n) is 18.1. The van der Waals surface area contributed by atoms with E-state index in [9.17, 15) is 19.2 Å². The normalized spacial score (nSPS) is 11.6. The summed E-state index contributed by atoms with van der Waals surface area (Å²) < 4.78 is 61.0. The summed E-state index contributed by atoms with van der Waals surface area (Å²) in [5.74, 6) is -5.66. The number of benzene rings is 2. The Labute approximate surface area is 398 Å². The van der Waals surface area contributed by atoms with Gasteiger partial charge in [-0.1, -0.05) is 39.3 Å². The van der Waals surface area contributed by atoms with Crippen molar-refractivity contribution in [2.45, 2.75) is 71.3 Å². The molecule has 0 fully saturated rings. The predicted molar refractivity (Wildman–Crippen MR) is 255 cm³/mol.